The van der Waals surface area contributed by atoms with Gasteiger partial charge in [-0.15, -0.1) is 5.10 Å². The molecule has 2 heterocycles. The number of aromatic nitrogens is 2. The Hall–Kier alpha value is -2.28. The summed E-state index contributed by atoms with van der Waals surface area (Å²) in [6, 6.07) is 6.95. The third kappa shape index (κ3) is 2.40. The zero-order valence-corrected chi connectivity index (χ0v) is 12.5. The van der Waals surface area contributed by atoms with Crippen molar-refractivity contribution in [2.24, 2.45) is 0 Å². The second-order valence-corrected chi connectivity index (χ2v) is 5.70. The SMILES string of the molecule is Cc1nnsc1C(=O)N1Cc2ccccc2NC(=O)C1C. The Labute approximate surface area is 125 Å². The average molecular weight is 302 g/mol. The molecule has 0 aliphatic carbocycles. The fourth-order valence-electron chi connectivity index (χ4n) is 2.29. The number of anilines is 1. The Kier molecular flexibility index (Phi) is 3.42. The van der Waals surface area contributed by atoms with Crippen molar-refractivity contribution < 1.29 is 9.59 Å². The first-order valence-electron chi connectivity index (χ1n) is 6.56. The molecule has 3 rings (SSSR count). The first kappa shape index (κ1) is 13.7. The number of nitrogens with one attached hydrogen (secondary N) is 1. The van der Waals surface area contributed by atoms with Crippen LogP contribution in [0.2, 0.25) is 0 Å². The average Bonchev–Trinajstić information content (AvgIpc) is 2.85. The van der Waals surface area contributed by atoms with Crippen molar-refractivity contribution in [2.75, 3.05) is 5.32 Å². The largest absolute Gasteiger partial charge is 0.324 e. The summed E-state index contributed by atoms with van der Waals surface area (Å²) in [6.07, 6.45) is 0. The van der Waals surface area contributed by atoms with Crippen molar-refractivity contribution in [3.8, 4) is 0 Å². The van der Waals surface area contributed by atoms with Crippen molar-refractivity contribution >= 4 is 29.0 Å². The van der Waals surface area contributed by atoms with Gasteiger partial charge in [0.25, 0.3) is 5.91 Å². The molecular formula is C14H14N4O2S. The molecule has 6 nitrogen and oxygen atoms in total. The van der Waals surface area contributed by atoms with E-state index < -0.39 is 6.04 Å². The lowest BCUT2D eigenvalue weighted by Crippen LogP contribution is -2.43. The van der Waals surface area contributed by atoms with Crippen molar-refractivity contribution in [3.63, 3.8) is 0 Å². The Morgan fingerprint density at radius 3 is 2.90 bits per heavy atom. The molecule has 1 aromatic heterocycles. The number of nitrogens with zero attached hydrogens (tertiary/aromatic N) is 3. The number of hydrogen-bond donors (Lipinski definition) is 1. The number of fused-ring (bicyclic) bond motifs is 1. The number of aryl methyl sites for hydroxylation is 1. The molecule has 1 aromatic carbocycles. The zero-order valence-electron chi connectivity index (χ0n) is 11.7. The molecule has 0 spiro atoms. The van der Waals surface area contributed by atoms with E-state index in [1.165, 1.54) is 0 Å². The molecule has 1 unspecified atom stereocenters. The van der Waals surface area contributed by atoms with Gasteiger partial charge in [-0.3, -0.25) is 9.59 Å². The number of hydrogen-bond acceptors (Lipinski definition) is 5. The van der Waals surface area contributed by atoms with Gasteiger partial charge in [-0.05, 0) is 37.0 Å². The van der Waals surface area contributed by atoms with Crippen molar-refractivity contribution in [1.29, 1.82) is 0 Å². The quantitative estimate of drug-likeness (QED) is 0.872. The molecule has 1 aliphatic heterocycles. The van der Waals surface area contributed by atoms with Gasteiger partial charge in [-0.1, -0.05) is 22.7 Å². The van der Waals surface area contributed by atoms with Gasteiger partial charge in [0.2, 0.25) is 5.91 Å². The summed E-state index contributed by atoms with van der Waals surface area (Å²) in [6.45, 7) is 3.85. The maximum atomic E-state index is 12.7. The topological polar surface area (TPSA) is 75.2 Å². The Morgan fingerprint density at radius 1 is 1.43 bits per heavy atom. The van der Waals surface area contributed by atoms with Gasteiger partial charge in [0.15, 0.2) is 0 Å². The molecule has 21 heavy (non-hydrogen) atoms. The van der Waals surface area contributed by atoms with Gasteiger partial charge in [0.1, 0.15) is 10.9 Å². The summed E-state index contributed by atoms with van der Waals surface area (Å²) < 4.78 is 3.79. The van der Waals surface area contributed by atoms with E-state index >= 15 is 0 Å². The Balaban J connectivity index is 2.00. The van der Waals surface area contributed by atoms with Crippen LogP contribution in [0, 0.1) is 6.92 Å². The van der Waals surface area contributed by atoms with Crippen LogP contribution in [0.15, 0.2) is 24.3 Å². The van der Waals surface area contributed by atoms with E-state index in [1.54, 1.807) is 18.7 Å². The normalized spacial score (nSPS) is 17.9. The molecule has 1 atom stereocenters. The second-order valence-electron chi connectivity index (χ2n) is 4.94. The van der Waals surface area contributed by atoms with E-state index in [0.717, 1.165) is 22.8 Å². The minimum absolute atomic E-state index is 0.191. The maximum absolute atomic E-state index is 12.7. The van der Waals surface area contributed by atoms with E-state index in [1.807, 2.05) is 24.3 Å². The highest BCUT2D eigenvalue weighted by Crippen LogP contribution is 2.25. The molecule has 2 amide bonds. The first-order chi connectivity index (χ1) is 10.1. The van der Waals surface area contributed by atoms with Crippen LogP contribution in [-0.4, -0.2) is 32.3 Å². The standard InChI is InChI=1S/C14H14N4O2S/c1-8-12(21-17-16-8)14(20)18-7-10-5-3-4-6-11(10)15-13(19)9(18)2/h3-6,9H,7H2,1-2H3,(H,15,19). The summed E-state index contributed by atoms with van der Waals surface area (Å²) in [4.78, 5) is 26.9. The smallest absolute Gasteiger partial charge is 0.268 e. The van der Waals surface area contributed by atoms with Gasteiger partial charge in [0.05, 0.1) is 5.69 Å². The van der Waals surface area contributed by atoms with Crippen LogP contribution in [0.4, 0.5) is 5.69 Å². The van der Waals surface area contributed by atoms with E-state index in [-0.39, 0.29) is 11.8 Å². The summed E-state index contributed by atoms with van der Waals surface area (Å²) in [7, 11) is 0. The lowest BCUT2D eigenvalue weighted by atomic mass is 10.1. The highest BCUT2D eigenvalue weighted by molar-refractivity contribution is 7.07. The number of carbonyl (C=O) groups excluding carboxylic acids is 2. The van der Waals surface area contributed by atoms with Crippen molar-refractivity contribution in [2.45, 2.75) is 26.4 Å². The van der Waals surface area contributed by atoms with E-state index in [0.29, 0.717) is 17.1 Å². The van der Waals surface area contributed by atoms with Crippen LogP contribution in [0.25, 0.3) is 0 Å². The van der Waals surface area contributed by atoms with Gasteiger partial charge in [-0.2, -0.15) is 0 Å². The first-order valence-corrected chi connectivity index (χ1v) is 7.34. The molecule has 1 N–H and O–H groups in total. The number of rotatable bonds is 1. The summed E-state index contributed by atoms with van der Waals surface area (Å²) >= 11 is 1.06. The molecule has 108 valence electrons. The molecule has 0 fully saturated rings. The van der Waals surface area contributed by atoms with Crippen LogP contribution in [0.3, 0.4) is 0 Å². The van der Waals surface area contributed by atoms with Crippen molar-refractivity contribution in [3.05, 3.63) is 40.4 Å². The molecule has 0 saturated carbocycles. The predicted octanol–water partition coefficient (Wildman–Crippen LogP) is 1.83. The van der Waals surface area contributed by atoms with Crippen molar-refractivity contribution in [1.82, 2.24) is 14.5 Å². The second kappa shape index (κ2) is 5.25. The Bertz CT molecular complexity index is 713. The lowest BCUT2D eigenvalue weighted by molar-refractivity contribution is -0.119. The summed E-state index contributed by atoms with van der Waals surface area (Å²) in [5.41, 5.74) is 2.26. The van der Waals surface area contributed by atoms with Crippen LogP contribution in [-0.2, 0) is 11.3 Å². The molecule has 2 aromatic rings. The minimum Gasteiger partial charge on any atom is -0.324 e. The summed E-state index contributed by atoms with van der Waals surface area (Å²) in [5, 5.41) is 6.72. The fraction of sp³-hybridized carbons (Fsp3) is 0.286. The highest BCUT2D eigenvalue weighted by Gasteiger charge is 2.32. The third-order valence-corrected chi connectivity index (χ3v) is 4.39. The number of amides is 2. The monoisotopic (exact) mass is 302 g/mol. The third-order valence-electron chi connectivity index (χ3n) is 3.57. The van der Waals surface area contributed by atoms with E-state index in [4.69, 9.17) is 0 Å². The number of para-hydroxylation sites is 1. The lowest BCUT2D eigenvalue weighted by Gasteiger charge is -2.25. The maximum Gasteiger partial charge on any atom is 0.268 e. The van der Waals surface area contributed by atoms with E-state index in [9.17, 15) is 9.59 Å². The predicted molar refractivity (Wildman–Crippen MR) is 79.1 cm³/mol. The van der Waals surface area contributed by atoms with Crippen LogP contribution >= 0.6 is 11.5 Å². The van der Waals surface area contributed by atoms with Crippen LogP contribution in [0.5, 0.6) is 0 Å². The zero-order chi connectivity index (χ0) is 15.0. The van der Waals surface area contributed by atoms with Gasteiger partial charge in [0, 0.05) is 12.2 Å². The Morgan fingerprint density at radius 2 is 2.19 bits per heavy atom. The summed E-state index contributed by atoms with van der Waals surface area (Å²) in [5.74, 6) is -0.398. The van der Waals surface area contributed by atoms with Gasteiger partial charge >= 0.3 is 0 Å². The number of benzene rings is 1. The molecular weight excluding hydrogens is 288 g/mol. The van der Waals surface area contributed by atoms with Gasteiger partial charge in [-0.25, -0.2) is 0 Å². The molecule has 0 radical (unpaired) electrons. The molecule has 0 bridgehead atoms. The molecule has 0 saturated heterocycles. The highest BCUT2D eigenvalue weighted by atomic mass is 32.1. The van der Waals surface area contributed by atoms with E-state index in [2.05, 4.69) is 14.9 Å². The minimum atomic E-state index is -0.550. The fourth-order valence-corrected chi connectivity index (χ4v) is 2.90. The van der Waals surface area contributed by atoms with Crippen LogP contribution < -0.4 is 5.32 Å². The van der Waals surface area contributed by atoms with Crippen LogP contribution in [0.1, 0.15) is 27.9 Å². The van der Waals surface area contributed by atoms with Gasteiger partial charge < -0.3 is 10.2 Å². The molecule has 1 aliphatic rings. The number of carbonyl (C=O) groups is 2. The molecule has 7 heteroatoms.